The number of nitrogens with zero attached hydrogens (tertiary/aromatic N) is 1. The van der Waals surface area contributed by atoms with Crippen molar-refractivity contribution in [3.05, 3.63) is 68.5 Å². The highest BCUT2D eigenvalue weighted by atomic mass is 16.5. The molecule has 0 bridgehead atoms. The Morgan fingerprint density at radius 3 is 2.68 bits per heavy atom. The number of rotatable bonds is 4. The Balaban J connectivity index is 1.98. The van der Waals surface area contributed by atoms with Gasteiger partial charge in [-0.1, -0.05) is 30.3 Å². The number of benzene rings is 1. The fourth-order valence-electron chi connectivity index (χ4n) is 2.98. The first-order valence-electron chi connectivity index (χ1n) is 7.77. The quantitative estimate of drug-likeness (QED) is 0.656. The van der Waals surface area contributed by atoms with Crippen molar-refractivity contribution in [1.29, 1.82) is 0 Å². The highest BCUT2D eigenvalue weighted by Gasteiger charge is 2.53. The summed E-state index contributed by atoms with van der Waals surface area (Å²) in [5.74, 6) is -0.594. The lowest BCUT2D eigenvalue weighted by Crippen LogP contribution is -2.47. The van der Waals surface area contributed by atoms with E-state index in [4.69, 9.17) is 4.74 Å². The van der Waals surface area contributed by atoms with E-state index < -0.39 is 41.6 Å². The van der Waals surface area contributed by atoms with Crippen LogP contribution < -0.4 is 11.2 Å². The molecule has 1 fully saturated rings. The zero-order chi connectivity index (χ0) is 18.2. The van der Waals surface area contributed by atoms with Gasteiger partial charge in [0.1, 0.15) is 12.3 Å². The maximum atomic E-state index is 12.7. The van der Waals surface area contributed by atoms with E-state index in [1.807, 2.05) is 0 Å². The van der Waals surface area contributed by atoms with Gasteiger partial charge >= 0.3 is 5.69 Å². The molecule has 25 heavy (non-hydrogen) atoms. The molecule has 0 radical (unpaired) electrons. The van der Waals surface area contributed by atoms with Crippen molar-refractivity contribution in [2.24, 2.45) is 0 Å². The van der Waals surface area contributed by atoms with E-state index in [1.165, 1.54) is 13.1 Å². The molecule has 0 amide bonds. The van der Waals surface area contributed by atoms with Crippen LogP contribution in [0.25, 0.3) is 0 Å². The van der Waals surface area contributed by atoms with Gasteiger partial charge in [-0.15, -0.1) is 0 Å². The predicted molar refractivity (Wildman–Crippen MR) is 87.4 cm³/mol. The molecule has 0 aliphatic carbocycles. The lowest BCUT2D eigenvalue weighted by atomic mass is 9.86. The third-order valence-corrected chi connectivity index (χ3v) is 4.39. The number of ketones is 1. The summed E-state index contributed by atoms with van der Waals surface area (Å²) in [5, 5.41) is 20.4. The first-order chi connectivity index (χ1) is 11.9. The van der Waals surface area contributed by atoms with E-state index in [-0.39, 0.29) is 17.5 Å². The summed E-state index contributed by atoms with van der Waals surface area (Å²) in [6, 6.07) is 8.17. The van der Waals surface area contributed by atoms with E-state index in [1.54, 1.807) is 30.3 Å². The molecule has 132 valence electrons. The third-order valence-electron chi connectivity index (χ3n) is 4.39. The molecular formula is C17H18N2O6. The Labute approximate surface area is 142 Å². The molecule has 3 atom stereocenters. The first-order valence-corrected chi connectivity index (χ1v) is 7.77. The maximum absolute atomic E-state index is 12.7. The van der Waals surface area contributed by atoms with E-state index in [0.717, 1.165) is 4.57 Å². The number of Topliss-reactive ketones (excluding diaryl/α,β-unsaturated/α-hetero) is 1. The van der Waals surface area contributed by atoms with Crippen molar-refractivity contribution in [3.63, 3.8) is 0 Å². The van der Waals surface area contributed by atoms with Gasteiger partial charge in [0.05, 0.1) is 6.61 Å². The summed E-state index contributed by atoms with van der Waals surface area (Å²) in [5.41, 5.74) is -2.65. The second-order valence-electron chi connectivity index (χ2n) is 6.06. The minimum atomic E-state index is -1.98. The largest absolute Gasteiger partial charge is 0.394 e. The Hall–Kier alpha value is -2.55. The number of hydrogen-bond donors (Lipinski definition) is 3. The summed E-state index contributed by atoms with van der Waals surface area (Å²) in [7, 11) is 0. The Morgan fingerprint density at radius 2 is 2.04 bits per heavy atom. The van der Waals surface area contributed by atoms with Crippen molar-refractivity contribution in [1.82, 2.24) is 9.55 Å². The van der Waals surface area contributed by atoms with Gasteiger partial charge < -0.3 is 14.9 Å². The van der Waals surface area contributed by atoms with Crippen LogP contribution in [-0.4, -0.2) is 43.9 Å². The van der Waals surface area contributed by atoms with Crippen LogP contribution in [0.15, 0.2) is 46.1 Å². The number of hydrogen-bond acceptors (Lipinski definition) is 6. The average molecular weight is 346 g/mol. The molecule has 0 spiro atoms. The minimum Gasteiger partial charge on any atom is -0.394 e. The number of aromatic nitrogens is 2. The molecule has 8 nitrogen and oxygen atoms in total. The number of aromatic amines is 1. The molecule has 0 saturated carbocycles. The molecule has 1 aliphatic rings. The number of nitrogens with one attached hydrogen (secondary N) is 1. The highest BCUT2D eigenvalue weighted by molar-refractivity contribution is 6.03. The van der Waals surface area contributed by atoms with Crippen LogP contribution in [0.5, 0.6) is 0 Å². The predicted octanol–water partition coefficient (Wildman–Crippen LogP) is -0.261. The Bertz CT molecular complexity index is 903. The van der Waals surface area contributed by atoms with Crippen molar-refractivity contribution < 1.29 is 19.7 Å². The molecule has 0 unspecified atom stereocenters. The molecule has 3 N–H and O–H groups in total. The third kappa shape index (κ3) is 2.95. The smallest absolute Gasteiger partial charge is 0.330 e. The average Bonchev–Trinajstić information content (AvgIpc) is 2.96. The van der Waals surface area contributed by atoms with Crippen LogP contribution in [0.2, 0.25) is 0 Å². The normalized spacial score (nSPS) is 25.9. The molecular weight excluding hydrogens is 328 g/mol. The number of carbonyl (C=O) groups is 1. The number of carbonyl (C=O) groups excluding carboxylic acids is 1. The second-order valence-corrected chi connectivity index (χ2v) is 6.06. The lowest BCUT2D eigenvalue weighted by molar-refractivity contribution is -0.0690. The Morgan fingerprint density at radius 1 is 1.36 bits per heavy atom. The van der Waals surface area contributed by atoms with Gasteiger partial charge in [-0.2, -0.15) is 0 Å². The van der Waals surface area contributed by atoms with Crippen LogP contribution in [0, 0.1) is 6.92 Å². The van der Waals surface area contributed by atoms with Crippen LogP contribution in [-0.2, 0) is 4.74 Å². The van der Waals surface area contributed by atoms with Gasteiger partial charge in [-0.25, -0.2) is 4.79 Å². The molecule has 2 aromatic rings. The molecule has 2 heterocycles. The zero-order valence-corrected chi connectivity index (χ0v) is 13.5. The molecule has 1 saturated heterocycles. The van der Waals surface area contributed by atoms with Gasteiger partial charge in [0.15, 0.2) is 11.4 Å². The van der Waals surface area contributed by atoms with Crippen LogP contribution in [0.1, 0.15) is 28.6 Å². The van der Waals surface area contributed by atoms with Gasteiger partial charge in [-0.05, 0) is 6.92 Å². The number of aliphatic hydroxyl groups is 2. The van der Waals surface area contributed by atoms with Crippen molar-refractivity contribution in [3.8, 4) is 0 Å². The van der Waals surface area contributed by atoms with Crippen molar-refractivity contribution in [2.45, 2.75) is 31.3 Å². The van der Waals surface area contributed by atoms with Crippen LogP contribution in [0.3, 0.4) is 0 Å². The maximum Gasteiger partial charge on any atom is 0.330 e. The molecule has 1 aromatic heterocycles. The Kier molecular flexibility index (Phi) is 4.42. The van der Waals surface area contributed by atoms with Gasteiger partial charge in [-0.3, -0.25) is 19.1 Å². The summed E-state index contributed by atoms with van der Waals surface area (Å²) >= 11 is 0. The van der Waals surface area contributed by atoms with E-state index in [0.29, 0.717) is 0 Å². The molecule has 1 aliphatic heterocycles. The summed E-state index contributed by atoms with van der Waals surface area (Å²) < 4.78 is 6.66. The van der Waals surface area contributed by atoms with E-state index >= 15 is 0 Å². The fraction of sp³-hybridized carbons (Fsp3) is 0.353. The monoisotopic (exact) mass is 346 g/mol. The standard InChI is InChI=1S/C17H18N2O6/c1-10-8-19(16(23)18-15(10)22)13-7-17(24,12(9-20)25-13)14(21)11-5-3-2-4-6-11/h2-6,8,12-13,20,24H,7,9H2,1H3,(H,18,22,23)/t12-,13-,17-/m1/s1. The van der Waals surface area contributed by atoms with E-state index in [9.17, 15) is 24.6 Å². The van der Waals surface area contributed by atoms with Gasteiger partial charge in [0, 0.05) is 23.7 Å². The van der Waals surface area contributed by atoms with Gasteiger partial charge in [0.25, 0.3) is 5.56 Å². The van der Waals surface area contributed by atoms with Crippen LogP contribution >= 0.6 is 0 Å². The summed E-state index contributed by atoms with van der Waals surface area (Å²) in [6.07, 6.45) is -1.10. The summed E-state index contributed by atoms with van der Waals surface area (Å²) in [4.78, 5) is 38.4. The number of aliphatic hydroxyl groups excluding tert-OH is 1. The van der Waals surface area contributed by atoms with Gasteiger partial charge in [0.2, 0.25) is 0 Å². The fourth-order valence-corrected chi connectivity index (χ4v) is 2.98. The number of H-pyrrole nitrogens is 1. The van der Waals surface area contributed by atoms with Crippen LogP contribution in [0.4, 0.5) is 0 Å². The molecule has 8 heteroatoms. The second kappa shape index (κ2) is 6.40. The number of aryl methyl sites for hydroxylation is 1. The SMILES string of the molecule is Cc1cn([C@H]2C[C@](O)(C(=O)c3ccccc3)[C@@H](CO)O2)c(=O)[nH]c1=O. The van der Waals surface area contributed by atoms with Crippen molar-refractivity contribution >= 4 is 5.78 Å². The zero-order valence-electron chi connectivity index (χ0n) is 13.5. The van der Waals surface area contributed by atoms with Crippen molar-refractivity contribution in [2.75, 3.05) is 6.61 Å². The topological polar surface area (TPSA) is 122 Å². The minimum absolute atomic E-state index is 0.225. The molecule has 3 rings (SSSR count). The lowest BCUT2D eigenvalue weighted by Gasteiger charge is -2.25. The highest BCUT2D eigenvalue weighted by Crippen LogP contribution is 2.38. The van der Waals surface area contributed by atoms with E-state index in [2.05, 4.69) is 4.98 Å². The molecule has 1 aromatic carbocycles. The summed E-state index contributed by atoms with van der Waals surface area (Å²) in [6.45, 7) is 0.928. The first kappa shape index (κ1) is 17.3. The number of ether oxygens (including phenoxy) is 1.